The molecule has 3 aliphatic heterocycles. The monoisotopic (exact) mass is 726 g/mol. The van der Waals surface area contributed by atoms with E-state index in [1.807, 2.05) is 0 Å². The molecule has 13 nitrogen and oxygen atoms in total. The highest BCUT2D eigenvalue weighted by Crippen LogP contribution is 2.28. The molecular formula is C28H40Br2N8O5. The minimum Gasteiger partial charge on any atom is -0.465 e. The molecule has 43 heavy (non-hydrogen) atoms. The molecule has 2 saturated heterocycles. The molecular weight excluding hydrogens is 688 g/mol. The largest absolute Gasteiger partial charge is 0.465 e. The minimum atomic E-state index is -0.314. The van der Waals surface area contributed by atoms with Crippen LogP contribution in [0.15, 0.2) is 21.6 Å². The van der Waals surface area contributed by atoms with Crippen LogP contribution in [0.25, 0.3) is 0 Å². The van der Waals surface area contributed by atoms with Crippen molar-refractivity contribution in [3.63, 3.8) is 0 Å². The molecule has 0 atom stereocenters. The van der Waals surface area contributed by atoms with Gasteiger partial charge in [-0.3, -0.25) is 14.5 Å². The Bertz CT molecular complexity index is 1200. The summed E-state index contributed by atoms with van der Waals surface area (Å²) in [7, 11) is 0. The van der Waals surface area contributed by atoms with Crippen molar-refractivity contribution in [2.45, 2.75) is 45.4 Å². The van der Waals surface area contributed by atoms with E-state index in [2.05, 4.69) is 67.7 Å². The van der Waals surface area contributed by atoms with Gasteiger partial charge in [0.05, 0.1) is 25.5 Å². The lowest BCUT2D eigenvalue weighted by Crippen LogP contribution is -2.42. The van der Waals surface area contributed by atoms with Crippen molar-refractivity contribution >= 4 is 67.0 Å². The molecule has 2 aromatic rings. The Balaban J connectivity index is 0.000000198. The van der Waals surface area contributed by atoms with Crippen molar-refractivity contribution in [1.82, 2.24) is 19.9 Å². The number of rotatable bonds is 11. The highest BCUT2D eigenvalue weighted by Gasteiger charge is 2.27. The maximum atomic E-state index is 12.1. The van der Waals surface area contributed by atoms with Gasteiger partial charge in [-0.2, -0.15) is 0 Å². The van der Waals surface area contributed by atoms with Gasteiger partial charge in [0.15, 0.2) is 23.3 Å². The van der Waals surface area contributed by atoms with E-state index in [0.717, 1.165) is 71.5 Å². The molecule has 2 aromatic heterocycles. The third-order valence-corrected chi connectivity index (χ3v) is 8.19. The average Bonchev–Trinajstić information content (AvgIpc) is 3.02. The van der Waals surface area contributed by atoms with Crippen LogP contribution in [-0.4, -0.2) is 91.0 Å². The molecule has 3 N–H and O–H groups in total. The molecule has 15 heteroatoms. The van der Waals surface area contributed by atoms with Crippen LogP contribution in [-0.2, 0) is 23.8 Å². The fourth-order valence-electron chi connectivity index (χ4n) is 5.04. The van der Waals surface area contributed by atoms with E-state index in [1.54, 1.807) is 24.2 Å². The molecule has 2 fully saturated rings. The topological polar surface area (TPSA) is 153 Å². The molecule has 236 valence electrons. The van der Waals surface area contributed by atoms with Crippen LogP contribution in [0.5, 0.6) is 0 Å². The molecule has 5 heterocycles. The molecule has 5 rings (SSSR count). The number of carbonyl (C=O) groups excluding carboxylic acids is 2. The number of aromatic nitrogens is 4. The van der Waals surface area contributed by atoms with Gasteiger partial charge in [-0.05, 0) is 89.1 Å². The molecule has 0 bridgehead atoms. The Morgan fingerprint density at radius 1 is 0.977 bits per heavy atom. The van der Waals surface area contributed by atoms with E-state index in [9.17, 15) is 9.59 Å². The molecule has 0 aliphatic carbocycles. The molecule has 0 aromatic carbocycles. The first-order valence-corrected chi connectivity index (χ1v) is 16.4. The van der Waals surface area contributed by atoms with E-state index in [0.29, 0.717) is 57.5 Å². The third-order valence-electron chi connectivity index (χ3n) is 7.42. The summed E-state index contributed by atoms with van der Waals surface area (Å²) in [4.78, 5) is 42.6. The quantitative estimate of drug-likeness (QED) is 0.284. The lowest BCUT2D eigenvalue weighted by Gasteiger charge is -2.30. The Kier molecular flexibility index (Phi) is 13.6. The van der Waals surface area contributed by atoms with E-state index in [-0.39, 0.29) is 25.0 Å². The van der Waals surface area contributed by atoms with Gasteiger partial charge in [0.2, 0.25) is 5.91 Å². The normalized spacial score (nSPS) is 17.3. The summed E-state index contributed by atoms with van der Waals surface area (Å²) in [6.45, 7) is 7.39. The SMILES string of the molecule is CCOC(=O)CNc1ncc(Br)nc1NCCC1CCOCC1.O=C1CNc2ncc(Br)nc2N1CCC1CCOCC1. The standard InChI is InChI=1S/C15H23BrN4O3.C13H17BrN4O2/c1-2-23-13(21)10-19-14-15(20-12(16)9-18-14)17-6-3-11-4-7-22-8-5-11;14-10-7-15-12-13(17-10)18(11(19)8-16-12)4-1-9-2-5-20-6-3-9/h9,11H,2-8,10H2,1H3,(H,17,20)(H,18,19);7,9H,1-6,8H2,(H,15,16). The van der Waals surface area contributed by atoms with Crippen molar-refractivity contribution in [1.29, 1.82) is 0 Å². The number of fused-ring (bicyclic) bond motifs is 1. The zero-order chi connectivity index (χ0) is 30.4. The van der Waals surface area contributed by atoms with E-state index in [1.165, 1.54) is 0 Å². The summed E-state index contributed by atoms with van der Waals surface area (Å²) in [5, 5.41) is 9.26. The van der Waals surface area contributed by atoms with E-state index >= 15 is 0 Å². The first-order valence-electron chi connectivity index (χ1n) is 14.8. The number of esters is 1. The second-order valence-corrected chi connectivity index (χ2v) is 12.1. The summed E-state index contributed by atoms with van der Waals surface area (Å²) in [6, 6.07) is 0. The first kappa shape index (κ1) is 33.3. The van der Waals surface area contributed by atoms with Gasteiger partial charge in [0.1, 0.15) is 15.8 Å². The number of amides is 1. The van der Waals surface area contributed by atoms with Crippen LogP contribution in [0.4, 0.5) is 23.3 Å². The van der Waals surface area contributed by atoms with Crippen molar-refractivity contribution in [2.24, 2.45) is 11.8 Å². The molecule has 0 spiro atoms. The van der Waals surface area contributed by atoms with Gasteiger partial charge in [-0.25, -0.2) is 19.9 Å². The third kappa shape index (κ3) is 10.8. The van der Waals surface area contributed by atoms with Gasteiger partial charge in [-0.1, -0.05) is 0 Å². The van der Waals surface area contributed by atoms with Crippen LogP contribution in [0.3, 0.4) is 0 Å². The van der Waals surface area contributed by atoms with Crippen LogP contribution < -0.4 is 20.9 Å². The van der Waals surface area contributed by atoms with Crippen molar-refractivity contribution in [3.05, 3.63) is 21.6 Å². The number of hydrogen-bond donors (Lipinski definition) is 3. The van der Waals surface area contributed by atoms with Gasteiger partial charge >= 0.3 is 5.97 Å². The van der Waals surface area contributed by atoms with Crippen LogP contribution >= 0.6 is 31.9 Å². The van der Waals surface area contributed by atoms with Gasteiger partial charge in [0, 0.05) is 39.5 Å². The zero-order valence-electron chi connectivity index (χ0n) is 24.4. The zero-order valence-corrected chi connectivity index (χ0v) is 27.6. The summed E-state index contributed by atoms with van der Waals surface area (Å²) in [5.74, 6) is 3.55. The number of anilines is 4. The predicted molar refractivity (Wildman–Crippen MR) is 170 cm³/mol. The fourth-order valence-corrected chi connectivity index (χ4v) is 5.59. The molecule has 1 amide bonds. The van der Waals surface area contributed by atoms with Gasteiger partial charge in [-0.15, -0.1) is 0 Å². The smallest absolute Gasteiger partial charge is 0.325 e. The van der Waals surface area contributed by atoms with Crippen molar-refractivity contribution in [3.8, 4) is 0 Å². The van der Waals surface area contributed by atoms with Crippen LogP contribution in [0.1, 0.15) is 45.4 Å². The number of ether oxygens (including phenoxy) is 3. The van der Waals surface area contributed by atoms with Crippen LogP contribution in [0, 0.1) is 11.8 Å². The number of hydrogen-bond acceptors (Lipinski definition) is 12. The molecule has 0 radical (unpaired) electrons. The predicted octanol–water partition coefficient (Wildman–Crippen LogP) is 4.26. The fraction of sp³-hybridized carbons (Fsp3) is 0.643. The summed E-state index contributed by atoms with van der Waals surface area (Å²) < 4.78 is 16.9. The first-order chi connectivity index (χ1) is 20.9. The summed E-state index contributed by atoms with van der Waals surface area (Å²) >= 11 is 6.63. The Morgan fingerprint density at radius 3 is 2.33 bits per heavy atom. The van der Waals surface area contributed by atoms with E-state index in [4.69, 9.17) is 14.2 Å². The lowest BCUT2D eigenvalue weighted by molar-refractivity contribution is -0.140. The number of nitrogens with zero attached hydrogens (tertiary/aromatic N) is 5. The maximum absolute atomic E-state index is 12.1. The van der Waals surface area contributed by atoms with Crippen LogP contribution in [0.2, 0.25) is 0 Å². The van der Waals surface area contributed by atoms with Gasteiger partial charge < -0.3 is 30.2 Å². The van der Waals surface area contributed by atoms with Gasteiger partial charge in [0.25, 0.3) is 0 Å². The molecule has 0 saturated carbocycles. The highest BCUT2D eigenvalue weighted by atomic mass is 79.9. The lowest BCUT2D eigenvalue weighted by atomic mass is 9.96. The Hall–Kier alpha value is -2.62. The van der Waals surface area contributed by atoms with Crippen molar-refractivity contribution in [2.75, 3.05) is 80.1 Å². The number of nitrogens with one attached hydrogen (secondary N) is 3. The summed E-state index contributed by atoms with van der Waals surface area (Å²) in [5.41, 5.74) is 0. The Morgan fingerprint density at radius 2 is 1.63 bits per heavy atom. The highest BCUT2D eigenvalue weighted by molar-refractivity contribution is 9.10. The second kappa shape index (κ2) is 17.6. The number of carbonyl (C=O) groups is 2. The summed E-state index contributed by atoms with van der Waals surface area (Å²) in [6.07, 6.45) is 9.67. The number of halogens is 2. The molecule has 3 aliphatic rings. The second-order valence-electron chi connectivity index (χ2n) is 10.4. The Labute approximate surface area is 268 Å². The molecule has 0 unspecified atom stereocenters. The van der Waals surface area contributed by atoms with E-state index < -0.39 is 0 Å². The maximum Gasteiger partial charge on any atom is 0.325 e. The van der Waals surface area contributed by atoms with Crippen molar-refractivity contribution < 1.29 is 23.8 Å². The average molecular weight is 728 g/mol. The minimum absolute atomic E-state index is 0.0527.